The summed E-state index contributed by atoms with van der Waals surface area (Å²) in [5, 5.41) is 10.4. The molecule has 0 atom stereocenters. The van der Waals surface area contributed by atoms with E-state index in [9.17, 15) is 0 Å². The zero-order chi connectivity index (χ0) is 36.9. The summed E-state index contributed by atoms with van der Waals surface area (Å²) < 4.78 is 2.65. The van der Waals surface area contributed by atoms with Crippen LogP contribution in [-0.2, 0) is 0 Å². The van der Waals surface area contributed by atoms with Crippen molar-refractivity contribution < 1.29 is 0 Å². The van der Waals surface area contributed by atoms with Crippen molar-refractivity contribution in [3.05, 3.63) is 194 Å². The number of thiophene rings is 1. The average molecular weight is 727 g/mol. The van der Waals surface area contributed by atoms with Crippen LogP contribution in [0, 0.1) is 6.92 Å². The molecule has 0 radical (unpaired) electrons. The summed E-state index contributed by atoms with van der Waals surface area (Å²) in [5.74, 6) is 0. The van der Waals surface area contributed by atoms with E-state index in [1.54, 1.807) is 0 Å². The molecule has 0 aliphatic heterocycles. The van der Waals surface area contributed by atoms with Crippen molar-refractivity contribution in [1.82, 2.24) is 0 Å². The SMILES string of the molecule is Cc1ccc(-c2c3c(c(-c4ccccc4)c4ccccc24)-c2cccc4c(-c5cc(-c6cccc7ccccc67)cc6c5sc5ccccc56)ccc-3c24)cc1. The van der Waals surface area contributed by atoms with Gasteiger partial charge in [-0.05, 0) is 119 Å². The van der Waals surface area contributed by atoms with Gasteiger partial charge in [0.15, 0.2) is 0 Å². The van der Waals surface area contributed by atoms with E-state index in [0.717, 1.165) is 0 Å². The molecule has 10 aromatic carbocycles. The smallest absolute Gasteiger partial charge is 0.0434 e. The van der Waals surface area contributed by atoms with Crippen molar-refractivity contribution in [2.45, 2.75) is 6.92 Å². The average Bonchev–Trinajstić information content (AvgIpc) is 3.80. The van der Waals surface area contributed by atoms with Gasteiger partial charge in [-0.3, -0.25) is 0 Å². The maximum atomic E-state index is 2.47. The van der Waals surface area contributed by atoms with Gasteiger partial charge in [0.1, 0.15) is 0 Å². The lowest BCUT2D eigenvalue weighted by atomic mass is 9.82. The van der Waals surface area contributed by atoms with Gasteiger partial charge < -0.3 is 0 Å². The summed E-state index contributed by atoms with van der Waals surface area (Å²) in [4.78, 5) is 0. The molecule has 0 saturated heterocycles. The molecule has 0 unspecified atom stereocenters. The fourth-order valence-electron chi connectivity index (χ4n) is 9.62. The molecule has 0 spiro atoms. The van der Waals surface area contributed by atoms with Crippen LogP contribution in [0.3, 0.4) is 0 Å². The topological polar surface area (TPSA) is 0 Å². The van der Waals surface area contributed by atoms with Gasteiger partial charge in [0.25, 0.3) is 0 Å². The molecule has 1 aliphatic rings. The Bertz CT molecular complexity index is 3400. The summed E-state index contributed by atoms with van der Waals surface area (Å²) in [5.41, 5.74) is 16.8. The molecule has 56 heavy (non-hydrogen) atoms. The Labute approximate surface area is 329 Å². The van der Waals surface area contributed by atoms with E-state index in [4.69, 9.17) is 0 Å². The Kier molecular flexibility index (Phi) is 6.82. The van der Waals surface area contributed by atoms with Crippen molar-refractivity contribution in [3.63, 3.8) is 0 Å². The summed E-state index contributed by atoms with van der Waals surface area (Å²) in [7, 11) is 0. The Morgan fingerprint density at radius 2 is 0.893 bits per heavy atom. The Hall–Kier alpha value is -6.80. The van der Waals surface area contributed by atoms with Crippen molar-refractivity contribution in [2.24, 2.45) is 0 Å². The number of hydrogen-bond donors (Lipinski definition) is 0. The normalized spacial score (nSPS) is 12.0. The molecule has 12 rings (SSSR count). The summed E-state index contributed by atoms with van der Waals surface area (Å²) in [6.07, 6.45) is 0. The molecule has 1 heteroatoms. The van der Waals surface area contributed by atoms with Crippen LogP contribution in [0.4, 0.5) is 0 Å². The van der Waals surface area contributed by atoms with Crippen LogP contribution in [0.1, 0.15) is 5.56 Å². The summed E-state index contributed by atoms with van der Waals surface area (Å²) in [6, 6.07) is 70.3. The minimum absolute atomic E-state index is 1.25. The number of rotatable bonds is 4. The van der Waals surface area contributed by atoms with Crippen LogP contribution < -0.4 is 0 Å². The molecule has 0 nitrogen and oxygen atoms in total. The maximum absolute atomic E-state index is 2.47. The van der Waals surface area contributed by atoms with E-state index in [1.165, 1.54) is 125 Å². The van der Waals surface area contributed by atoms with Gasteiger partial charge in [0.2, 0.25) is 0 Å². The molecule has 11 aromatic rings. The first-order valence-electron chi connectivity index (χ1n) is 19.4. The molecule has 0 fully saturated rings. The second-order valence-electron chi connectivity index (χ2n) is 15.2. The fraction of sp³-hybridized carbons (Fsp3) is 0.0182. The Balaban J connectivity index is 1.20. The number of aryl methyl sites for hydroxylation is 1. The first-order chi connectivity index (χ1) is 27.7. The molecular weight excluding hydrogens is 693 g/mol. The predicted octanol–water partition coefficient (Wildman–Crippen LogP) is 16.1. The van der Waals surface area contributed by atoms with Gasteiger partial charge in [-0.25, -0.2) is 0 Å². The highest BCUT2D eigenvalue weighted by Gasteiger charge is 2.31. The fourth-order valence-corrected chi connectivity index (χ4v) is 10.8. The van der Waals surface area contributed by atoms with Crippen molar-refractivity contribution in [3.8, 4) is 66.8 Å². The molecule has 1 heterocycles. The van der Waals surface area contributed by atoms with Gasteiger partial charge in [-0.2, -0.15) is 0 Å². The van der Waals surface area contributed by atoms with Crippen LogP contribution in [0.5, 0.6) is 0 Å². The highest BCUT2D eigenvalue weighted by Crippen LogP contribution is 2.59. The van der Waals surface area contributed by atoms with Crippen molar-refractivity contribution in [1.29, 1.82) is 0 Å². The van der Waals surface area contributed by atoms with Crippen molar-refractivity contribution >= 4 is 63.8 Å². The number of hydrogen-bond acceptors (Lipinski definition) is 1. The third kappa shape index (κ3) is 4.53. The van der Waals surface area contributed by atoms with Gasteiger partial charge in [-0.1, -0.05) is 175 Å². The van der Waals surface area contributed by atoms with Crippen LogP contribution >= 0.6 is 11.3 Å². The van der Waals surface area contributed by atoms with Gasteiger partial charge in [0, 0.05) is 25.7 Å². The quantitative estimate of drug-likeness (QED) is 0.169. The highest BCUT2D eigenvalue weighted by atomic mass is 32.1. The first-order valence-corrected chi connectivity index (χ1v) is 20.2. The first kappa shape index (κ1) is 31.5. The number of benzene rings is 10. The van der Waals surface area contributed by atoms with Crippen LogP contribution in [0.2, 0.25) is 0 Å². The maximum Gasteiger partial charge on any atom is 0.0434 e. The highest BCUT2D eigenvalue weighted by molar-refractivity contribution is 7.26. The molecule has 0 saturated carbocycles. The zero-order valence-electron chi connectivity index (χ0n) is 30.8. The molecular formula is C55H34S. The molecule has 0 N–H and O–H groups in total. The van der Waals surface area contributed by atoms with E-state index in [0.29, 0.717) is 0 Å². The molecule has 260 valence electrons. The lowest BCUT2D eigenvalue weighted by Crippen LogP contribution is -1.93. The van der Waals surface area contributed by atoms with E-state index in [2.05, 4.69) is 195 Å². The zero-order valence-corrected chi connectivity index (χ0v) is 31.6. The minimum Gasteiger partial charge on any atom is -0.135 e. The second-order valence-corrected chi connectivity index (χ2v) is 16.2. The number of fused-ring (bicyclic) bond motifs is 8. The second kappa shape index (κ2) is 12.1. The third-order valence-electron chi connectivity index (χ3n) is 12.1. The van der Waals surface area contributed by atoms with Crippen LogP contribution in [-0.4, -0.2) is 0 Å². The molecule has 0 bridgehead atoms. The molecule has 0 amide bonds. The van der Waals surface area contributed by atoms with E-state index in [-0.39, 0.29) is 0 Å². The third-order valence-corrected chi connectivity index (χ3v) is 13.3. The van der Waals surface area contributed by atoms with Gasteiger partial charge >= 0.3 is 0 Å². The monoisotopic (exact) mass is 726 g/mol. The van der Waals surface area contributed by atoms with Crippen LogP contribution in [0.15, 0.2) is 188 Å². The van der Waals surface area contributed by atoms with E-state index < -0.39 is 0 Å². The Morgan fingerprint density at radius 3 is 1.68 bits per heavy atom. The van der Waals surface area contributed by atoms with Crippen LogP contribution in [0.25, 0.3) is 119 Å². The summed E-state index contributed by atoms with van der Waals surface area (Å²) in [6.45, 7) is 2.17. The largest absolute Gasteiger partial charge is 0.135 e. The van der Waals surface area contributed by atoms with E-state index in [1.807, 2.05) is 11.3 Å². The van der Waals surface area contributed by atoms with E-state index >= 15 is 0 Å². The standard InChI is InChI=1S/C55H34S/c1-33-25-27-36(28-26-33)51-44-20-8-7-19-43(44)50(35-14-3-2-4-15-35)53-45-23-12-22-42-40(29-30-46(52(42)45)54(51)53)47-31-37(39-21-11-16-34-13-5-6-17-38(34)39)32-48-41-18-9-10-24-49(41)56-55(47)48/h2-32H,1H3. The predicted molar refractivity (Wildman–Crippen MR) is 243 cm³/mol. The van der Waals surface area contributed by atoms with Crippen molar-refractivity contribution in [2.75, 3.05) is 0 Å². The van der Waals surface area contributed by atoms with Gasteiger partial charge in [0.05, 0.1) is 0 Å². The lowest BCUT2D eigenvalue weighted by Gasteiger charge is -2.20. The lowest BCUT2D eigenvalue weighted by molar-refractivity contribution is 1.47. The summed E-state index contributed by atoms with van der Waals surface area (Å²) >= 11 is 1.91. The molecule has 1 aromatic heterocycles. The minimum atomic E-state index is 1.25. The molecule has 1 aliphatic carbocycles. The van der Waals surface area contributed by atoms with Gasteiger partial charge in [-0.15, -0.1) is 11.3 Å². The Morgan fingerprint density at radius 1 is 0.321 bits per heavy atom.